The number of aromatic amines is 1. The molecule has 0 radical (unpaired) electrons. The lowest BCUT2D eigenvalue weighted by Gasteiger charge is -2.06. The molecule has 9 heteroatoms. The number of pyridine rings is 2. The molecule has 0 aliphatic rings. The molecule has 9 nitrogen and oxygen atoms in total. The second kappa shape index (κ2) is 7.18. The van der Waals surface area contributed by atoms with E-state index in [-0.39, 0.29) is 6.61 Å². The number of hydrogen-bond acceptors (Lipinski definition) is 6. The van der Waals surface area contributed by atoms with Crippen LogP contribution in [-0.2, 0) is 18.4 Å². The molecule has 0 unspecified atom stereocenters. The smallest absolute Gasteiger partial charge is 0.407 e. The fourth-order valence-corrected chi connectivity index (χ4v) is 3.16. The van der Waals surface area contributed by atoms with Crippen molar-refractivity contribution in [2.24, 2.45) is 7.05 Å². The summed E-state index contributed by atoms with van der Waals surface area (Å²) in [5, 5.41) is 6.65. The summed E-state index contributed by atoms with van der Waals surface area (Å²) in [5.41, 5.74) is 4.81. The molecule has 0 aliphatic carbocycles. The normalized spacial score (nSPS) is 11.1. The fourth-order valence-electron chi connectivity index (χ4n) is 3.16. The van der Waals surface area contributed by atoms with Crippen LogP contribution < -0.4 is 10.6 Å². The highest BCUT2D eigenvalue weighted by atomic mass is 16.5. The van der Waals surface area contributed by atoms with Crippen molar-refractivity contribution in [3.05, 3.63) is 36.3 Å². The topological polar surface area (TPSA) is 110 Å². The van der Waals surface area contributed by atoms with Crippen LogP contribution >= 0.6 is 0 Å². The van der Waals surface area contributed by atoms with Gasteiger partial charge in [-0.25, -0.2) is 19.7 Å². The summed E-state index contributed by atoms with van der Waals surface area (Å²) in [6, 6.07) is 7.63. The number of aromatic nitrogens is 5. The average molecular weight is 379 g/mol. The number of fused-ring (bicyclic) bond motifs is 3. The van der Waals surface area contributed by atoms with Gasteiger partial charge in [0.2, 0.25) is 0 Å². The molecule has 4 aromatic rings. The number of anilines is 1. The van der Waals surface area contributed by atoms with E-state index < -0.39 is 6.09 Å². The van der Waals surface area contributed by atoms with Crippen molar-refractivity contribution in [2.75, 3.05) is 18.9 Å². The van der Waals surface area contributed by atoms with E-state index in [9.17, 15) is 4.79 Å². The first kappa shape index (κ1) is 17.8. The maximum absolute atomic E-state index is 11.5. The standard InChI is InChI=1S/C19H21N7O2/c1-4-21-19(27)28-9-11-6-5-7-13(23-11)14-8-12-16-15(22-10-26(16)3)18(20-2)25-17(12)24-14/h5-8,10H,4,9H2,1-3H3,(H,21,27)(H2,20,24,25). The van der Waals surface area contributed by atoms with Crippen molar-refractivity contribution in [3.8, 4) is 11.4 Å². The zero-order valence-corrected chi connectivity index (χ0v) is 15.9. The summed E-state index contributed by atoms with van der Waals surface area (Å²) in [4.78, 5) is 28.5. The largest absolute Gasteiger partial charge is 0.443 e. The Morgan fingerprint density at radius 1 is 1.32 bits per heavy atom. The van der Waals surface area contributed by atoms with Crippen LogP contribution in [0.2, 0.25) is 0 Å². The van der Waals surface area contributed by atoms with Crippen molar-refractivity contribution in [1.29, 1.82) is 0 Å². The molecule has 28 heavy (non-hydrogen) atoms. The third-order valence-electron chi connectivity index (χ3n) is 4.43. The maximum Gasteiger partial charge on any atom is 0.407 e. The zero-order valence-electron chi connectivity index (χ0n) is 15.9. The molecule has 144 valence electrons. The van der Waals surface area contributed by atoms with E-state index in [0.717, 1.165) is 33.5 Å². The van der Waals surface area contributed by atoms with Gasteiger partial charge in [0.15, 0.2) is 5.82 Å². The predicted molar refractivity (Wildman–Crippen MR) is 107 cm³/mol. The Labute approximate surface area is 161 Å². The zero-order chi connectivity index (χ0) is 19.7. The van der Waals surface area contributed by atoms with Gasteiger partial charge in [-0.3, -0.25) is 0 Å². The van der Waals surface area contributed by atoms with Gasteiger partial charge in [0.1, 0.15) is 17.8 Å². The van der Waals surface area contributed by atoms with E-state index in [2.05, 4.69) is 30.6 Å². The minimum absolute atomic E-state index is 0.105. The molecule has 0 aliphatic heterocycles. The molecule has 0 spiro atoms. The minimum Gasteiger partial charge on any atom is -0.443 e. The minimum atomic E-state index is -0.456. The van der Waals surface area contributed by atoms with Crippen LogP contribution in [0.1, 0.15) is 12.6 Å². The predicted octanol–water partition coefficient (Wildman–Crippen LogP) is 2.80. The molecular weight excluding hydrogens is 358 g/mol. The highest BCUT2D eigenvalue weighted by Gasteiger charge is 2.15. The van der Waals surface area contributed by atoms with Crippen LogP contribution in [0.15, 0.2) is 30.6 Å². The lowest BCUT2D eigenvalue weighted by Crippen LogP contribution is -2.23. The number of amides is 1. The van der Waals surface area contributed by atoms with Crippen LogP contribution in [-0.4, -0.2) is 44.2 Å². The second-order valence-corrected chi connectivity index (χ2v) is 6.33. The summed E-state index contributed by atoms with van der Waals surface area (Å²) in [7, 11) is 3.78. The first-order valence-corrected chi connectivity index (χ1v) is 8.99. The second-order valence-electron chi connectivity index (χ2n) is 6.33. The molecule has 4 rings (SSSR count). The molecule has 0 saturated heterocycles. The molecule has 0 fully saturated rings. The van der Waals surface area contributed by atoms with Crippen molar-refractivity contribution in [1.82, 2.24) is 29.8 Å². The SMILES string of the molecule is CCNC(=O)OCc1cccc(-c2cc3c(nc(NC)c4ncn(C)c43)[nH]2)n1. The van der Waals surface area contributed by atoms with E-state index in [0.29, 0.717) is 18.1 Å². The van der Waals surface area contributed by atoms with Crippen LogP contribution in [0.5, 0.6) is 0 Å². The Kier molecular flexibility index (Phi) is 4.56. The van der Waals surface area contributed by atoms with Crippen LogP contribution in [0, 0.1) is 0 Å². The molecular formula is C19H21N7O2. The van der Waals surface area contributed by atoms with Gasteiger partial charge in [-0.1, -0.05) is 6.07 Å². The summed E-state index contributed by atoms with van der Waals surface area (Å²) in [6.07, 6.45) is 1.32. The quantitative estimate of drug-likeness (QED) is 0.492. The molecule has 0 bridgehead atoms. The number of alkyl carbamates (subject to hydrolysis) is 1. The molecule has 4 aromatic heterocycles. The Morgan fingerprint density at radius 2 is 2.18 bits per heavy atom. The van der Waals surface area contributed by atoms with Gasteiger partial charge in [0, 0.05) is 26.0 Å². The number of imidazole rings is 1. The van der Waals surface area contributed by atoms with Gasteiger partial charge >= 0.3 is 6.09 Å². The van der Waals surface area contributed by atoms with Crippen molar-refractivity contribution in [2.45, 2.75) is 13.5 Å². The van der Waals surface area contributed by atoms with E-state index in [4.69, 9.17) is 4.74 Å². The number of rotatable bonds is 5. The Hall–Kier alpha value is -3.62. The molecule has 3 N–H and O–H groups in total. The summed E-state index contributed by atoms with van der Waals surface area (Å²) >= 11 is 0. The first-order chi connectivity index (χ1) is 13.6. The van der Waals surface area contributed by atoms with Crippen LogP contribution in [0.4, 0.5) is 10.6 Å². The summed E-state index contributed by atoms with van der Waals surface area (Å²) in [5.74, 6) is 0.716. The Bertz CT molecular complexity index is 1160. The van der Waals surface area contributed by atoms with Gasteiger partial charge < -0.3 is 24.9 Å². The van der Waals surface area contributed by atoms with Crippen molar-refractivity contribution < 1.29 is 9.53 Å². The highest BCUT2D eigenvalue weighted by molar-refractivity contribution is 6.07. The Morgan fingerprint density at radius 3 is 2.96 bits per heavy atom. The third-order valence-corrected chi connectivity index (χ3v) is 4.43. The van der Waals surface area contributed by atoms with E-state index >= 15 is 0 Å². The highest BCUT2D eigenvalue weighted by Crippen LogP contribution is 2.31. The number of carbonyl (C=O) groups is 1. The average Bonchev–Trinajstić information content (AvgIpc) is 3.30. The third kappa shape index (κ3) is 3.11. The van der Waals surface area contributed by atoms with Gasteiger partial charge in [-0.05, 0) is 25.1 Å². The number of carbonyl (C=O) groups excluding carboxylic acids is 1. The van der Waals surface area contributed by atoms with Gasteiger partial charge in [0.05, 0.1) is 28.9 Å². The number of hydrogen-bond donors (Lipinski definition) is 3. The van der Waals surface area contributed by atoms with E-state index in [1.165, 1.54) is 0 Å². The van der Waals surface area contributed by atoms with E-state index in [1.54, 1.807) is 6.33 Å². The fraction of sp³-hybridized carbons (Fsp3) is 0.263. The number of nitrogens with zero attached hydrogens (tertiary/aromatic N) is 4. The lowest BCUT2D eigenvalue weighted by atomic mass is 10.2. The maximum atomic E-state index is 11.5. The first-order valence-electron chi connectivity index (χ1n) is 8.99. The molecule has 0 aromatic carbocycles. The monoisotopic (exact) mass is 379 g/mol. The van der Waals surface area contributed by atoms with Gasteiger partial charge in [0.25, 0.3) is 0 Å². The molecule has 0 saturated carbocycles. The van der Waals surface area contributed by atoms with Crippen LogP contribution in [0.3, 0.4) is 0 Å². The van der Waals surface area contributed by atoms with Crippen molar-refractivity contribution >= 4 is 34.0 Å². The number of nitrogens with one attached hydrogen (secondary N) is 3. The molecule has 4 heterocycles. The lowest BCUT2D eigenvalue weighted by molar-refractivity contribution is 0.139. The molecule has 0 atom stereocenters. The Balaban J connectivity index is 1.72. The van der Waals surface area contributed by atoms with Crippen molar-refractivity contribution in [3.63, 3.8) is 0 Å². The summed E-state index contributed by atoms with van der Waals surface area (Å²) < 4.78 is 7.13. The van der Waals surface area contributed by atoms with Gasteiger partial charge in [-0.15, -0.1) is 0 Å². The molecule has 1 amide bonds. The van der Waals surface area contributed by atoms with Gasteiger partial charge in [-0.2, -0.15) is 0 Å². The number of H-pyrrole nitrogens is 1. The van der Waals surface area contributed by atoms with Crippen LogP contribution in [0.25, 0.3) is 33.5 Å². The summed E-state index contributed by atoms with van der Waals surface area (Å²) in [6.45, 7) is 2.46. The number of ether oxygens (including phenoxy) is 1. The van der Waals surface area contributed by atoms with E-state index in [1.807, 2.05) is 49.9 Å². The number of aryl methyl sites for hydroxylation is 1.